The third-order valence-electron chi connectivity index (χ3n) is 3.41. The zero-order valence-corrected chi connectivity index (χ0v) is 12.7. The lowest BCUT2D eigenvalue weighted by molar-refractivity contribution is -0.139. The SMILES string of the molecule is O=C(N[C@H](Cc1ccc(C(F)(F)F)cc1)C(=O)O)c1cccc(F)c1. The molecule has 1 atom stereocenters. The summed E-state index contributed by atoms with van der Waals surface area (Å²) in [5.74, 6) is -2.80. The van der Waals surface area contributed by atoms with Gasteiger partial charge in [-0.3, -0.25) is 4.79 Å². The zero-order valence-electron chi connectivity index (χ0n) is 12.7. The Morgan fingerprint density at radius 2 is 1.72 bits per heavy atom. The van der Waals surface area contributed by atoms with E-state index in [2.05, 4.69) is 5.32 Å². The third-order valence-corrected chi connectivity index (χ3v) is 3.41. The van der Waals surface area contributed by atoms with E-state index in [0.29, 0.717) is 5.56 Å². The summed E-state index contributed by atoms with van der Waals surface area (Å²) in [6, 6.07) is 7.30. The first kappa shape index (κ1) is 18.4. The molecule has 8 heteroatoms. The molecular weight excluding hydrogens is 342 g/mol. The molecule has 0 radical (unpaired) electrons. The van der Waals surface area contributed by atoms with Gasteiger partial charge in [0.05, 0.1) is 5.56 Å². The number of benzene rings is 2. The van der Waals surface area contributed by atoms with E-state index in [1.54, 1.807) is 0 Å². The smallest absolute Gasteiger partial charge is 0.416 e. The summed E-state index contributed by atoms with van der Waals surface area (Å²) in [5, 5.41) is 11.4. The molecule has 0 aliphatic carbocycles. The fourth-order valence-corrected chi connectivity index (χ4v) is 2.14. The quantitative estimate of drug-likeness (QED) is 0.809. The lowest BCUT2D eigenvalue weighted by atomic mass is 10.0. The van der Waals surface area contributed by atoms with E-state index in [1.807, 2.05) is 0 Å². The molecule has 0 bridgehead atoms. The molecule has 2 N–H and O–H groups in total. The average Bonchev–Trinajstić information content (AvgIpc) is 2.53. The molecule has 0 spiro atoms. The van der Waals surface area contributed by atoms with Crippen LogP contribution in [0.1, 0.15) is 21.5 Å². The monoisotopic (exact) mass is 355 g/mol. The van der Waals surface area contributed by atoms with Crippen molar-refractivity contribution in [1.82, 2.24) is 5.32 Å². The summed E-state index contributed by atoms with van der Waals surface area (Å²) in [6.45, 7) is 0. The number of hydrogen-bond donors (Lipinski definition) is 2. The molecule has 0 saturated heterocycles. The van der Waals surface area contributed by atoms with Crippen molar-refractivity contribution in [1.29, 1.82) is 0 Å². The van der Waals surface area contributed by atoms with Crippen LogP contribution in [-0.4, -0.2) is 23.0 Å². The Kier molecular flexibility index (Phi) is 5.41. The topological polar surface area (TPSA) is 66.4 Å². The van der Waals surface area contributed by atoms with Gasteiger partial charge >= 0.3 is 12.1 Å². The highest BCUT2D eigenvalue weighted by Crippen LogP contribution is 2.29. The Morgan fingerprint density at radius 1 is 1.08 bits per heavy atom. The number of carbonyl (C=O) groups is 2. The van der Waals surface area contributed by atoms with Crippen LogP contribution in [0, 0.1) is 5.82 Å². The Hall–Kier alpha value is -2.90. The molecule has 0 heterocycles. The maximum absolute atomic E-state index is 13.1. The van der Waals surface area contributed by atoms with Gasteiger partial charge in [-0.15, -0.1) is 0 Å². The molecule has 0 aliphatic rings. The predicted octanol–water partition coefficient (Wildman–Crippen LogP) is 3.27. The first-order valence-corrected chi connectivity index (χ1v) is 7.12. The molecule has 2 aromatic rings. The van der Waals surface area contributed by atoms with Crippen LogP contribution < -0.4 is 5.32 Å². The molecule has 0 unspecified atom stereocenters. The number of halogens is 4. The second-order valence-electron chi connectivity index (χ2n) is 5.27. The lowest BCUT2D eigenvalue weighted by Gasteiger charge is -2.15. The molecule has 2 rings (SSSR count). The Bertz CT molecular complexity index is 772. The summed E-state index contributed by atoms with van der Waals surface area (Å²) in [7, 11) is 0. The van der Waals surface area contributed by atoms with E-state index in [-0.39, 0.29) is 12.0 Å². The molecule has 0 aliphatic heterocycles. The van der Waals surface area contributed by atoms with Gasteiger partial charge in [0.15, 0.2) is 0 Å². The van der Waals surface area contributed by atoms with Crippen LogP contribution in [0.3, 0.4) is 0 Å². The lowest BCUT2D eigenvalue weighted by Crippen LogP contribution is -2.42. The van der Waals surface area contributed by atoms with Crippen molar-refractivity contribution in [3.63, 3.8) is 0 Å². The van der Waals surface area contributed by atoms with Gasteiger partial charge in [0.1, 0.15) is 11.9 Å². The number of carboxylic acids is 1. The van der Waals surface area contributed by atoms with Crippen LogP contribution in [0.2, 0.25) is 0 Å². The maximum atomic E-state index is 13.1. The second kappa shape index (κ2) is 7.33. The van der Waals surface area contributed by atoms with Crippen molar-refractivity contribution in [2.75, 3.05) is 0 Å². The molecule has 0 fully saturated rings. The molecule has 4 nitrogen and oxygen atoms in total. The number of aliphatic carboxylic acids is 1. The zero-order chi connectivity index (χ0) is 18.6. The van der Waals surface area contributed by atoms with Crippen molar-refractivity contribution in [3.05, 3.63) is 71.0 Å². The number of carboxylic acid groups (broad SMARTS) is 1. The van der Waals surface area contributed by atoms with Gasteiger partial charge in [-0.2, -0.15) is 13.2 Å². The number of nitrogens with one attached hydrogen (secondary N) is 1. The average molecular weight is 355 g/mol. The van der Waals surface area contributed by atoms with Crippen LogP contribution in [0.15, 0.2) is 48.5 Å². The fourth-order valence-electron chi connectivity index (χ4n) is 2.14. The summed E-state index contributed by atoms with van der Waals surface area (Å²) < 4.78 is 50.7. The minimum absolute atomic E-state index is 0.0568. The highest BCUT2D eigenvalue weighted by atomic mass is 19.4. The molecule has 0 aromatic heterocycles. The molecular formula is C17H13F4NO3. The van der Waals surface area contributed by atoms with E-state index in [1.165, 1.54) is 12.1 Å². The van der Waals surface area contributed by atoms with Crippen LogP contribution in [0.4, 0.5) is 17.6 Å². The van der Waals surface area contributed by atoms with Crippen molar-refractivity contribution >= 4 is 11.9 Å². The predicted molar refractivity (Wildman–Crippen MR) is 80.4 cm³/mol. The summed E-state index contributed by atoms with van der Waals surface area (Å²) in [4.78, 5) is 23.3. The number of alkyl halides is 3. The molecule has 25 heavy (non-hydrogen) atoms. The third kappa shape index (κ3) is 5.03. The van der Waals surface area contributed by atoms with Gasteiger partial charge in [0, 0.05) is 12.0 Å². The van der Waals surface area contributed by atoms with Crippen molar-refractivity contribution in [2.24, 2.45) is 0 Å². The summed E-state index contributed by atoms with van der Waals surface area (Å²) in [6.07, 6.45) is -4.70. The van der Waals surface area contributed by atoms with E-state index >= 15 is 0 Å². The Labute approximate surface area is 140 Å². The van der Waals surface area contributed by atoms with Crippen LogP contribution in [-0.2, 0) is 17.4 Å². The van der Waals surface area contributed by atoms with Crippen LogP contribution >= 0.6 is 0 Å². The highest BCUT2D eigenvalue weighted by molar-refractivity contribution is 5.96. The van der Waals surface area contributed by atoms with Gasteiger partial charge in [0.25, 0.3) is 5.91 Å². The maximum Gasteiger partial charge on any atom is 0.416 e. The summed E-state index contributed by atoms with van der Waals surface area (Å²) >= 11 is 0. The molecule has 2 aromatic carbocycles. The van der Waals surface area contributed by atoms with E-state index in [9.17, 15) is 32.3 Å². The van der Waals surface area contributed by atoms with E-state index in [0.717, 1.165) is 36.4 Å². The largest absolute Gasteiger partial charge is 0.480 e. The molecule has 132 valence electrons. The minimum Gasteiger partial charge on any atom is -0.480 e. The number of amides is 1. The molecule has 1 amide bonds. The fraction of sp³-hybridized carbons (Fsp3) is 0.176. The number of rotatable bonds is 5. The van der Waals surface area contributed by atoms with Crippen molar-refractivity contribution < 1.29 is 32.3 Å². The molecule has 0 saturated carbocycles. The number of carbonyl (C=O) groups excluding carboxylic acids is 1. The van der Waals surface area contributed by atoms with E-state index in [4.69, 9.17) is 0 Å². The first-order chi connectivity index (χ1) is 11.7. The van der Waals surface area contributed by atoms with Crippen molar-refractivity contribution in [2.45, 2.75) is 18.6 Å². The van der Waals surface area contributed by atoms with Gasteiger partial charge in [-0.25, -0.2) is 9.18 Å². The van der Waals surface area contributed by atoms with E-state index < -0.39 is 35.5 Å². The van der Waals surface area contributed by atoms with Gasteiger partial charge in [-0.1, -0.05) is 18.2 Å². The standard InChI is InChI=1S/C17H13F4NO3/c18-13-3-1-2-11(9-13)15(23)22-14(16(24)25)8-10-4-6-12(7-5-10)17(19,20)21/h1-7,9,14H,8H2,(H,22,23)(H,24,25)/t14-/m1/s1. The second-order valence-corrected chi connectivity index (χ2v) is 5.27. The highest BCUT2D eigenvalue weighted by Gasteiger charge is 2.30. The van der Waals surface area contributed by atoms with Crippen molar-refractivity contribution in [3.8, 4) is 0 Å². The normalized spacial score (nSPS) is 12.5. The van der Waals surface area contributed by atoms with Crippen LogP contribution in [0.5, 0.6) is 0 Å². The minimum atomic E-state index is -4.49. The van der Waals surface area contributed by atoms with Crippen LogP contribution in [0.25, 0.3) is 0 Å². The first-order valence-electron chi connectivity index (χ1n) is 7.12. The summed E-state index contributed by atoms with van der Waals surface area (Å²) in [5.41, 5.74) is -0.606. The van der Waals surface area contributed by atoms with Gasteiger partial charge < -0.3 is 10.4 Å². The Balaban J connectivity index is 2.11. The number of hydrogen-bond acceptors (Lipinski definition) is 2. The Morgan fingerprint density at radius 3 is 2.24 bits per heavy atom. The van der Waals surface area contributed by atoms with Gasteiger partial charge in [-0.05, 0) is 35.9 Å². The van der Waals surface area contributed by atoms with Gasteiger partial charge in [0.2, 0.25) is 0 Å².